The van der Waals surface area contributed by atoms with Crippen molar-refractivity contribution in [1.29, 1.82) is 0 Å². The van der Waals surface area contributed by atoms with Crippen LogP contribution in [-0.2, 0) is 4.79 Å². The maximum Gasteiger partial charge on any atom is 0.159 e. The summed E-state index contributed by atoms with van der Waals surface area (Å²) in [6.45, 7) is 3.68. The fourth-order valence-corrected chi connectivity index (χ4v) is 3.04. The zero-order valence-corrected chi connectivity index (χ0v) is 13.5. The Kier molecular flexibility index (Phi) is 4.92. The van der Waals surface area contributed by atoms with Crippen LogP contribution in [0.1, 0.15) is 36.1 Å². The molecular weight excluding hydrogens is 298 g/mol. The number of allylic oxidation sites excluding steroid dienone is 1. The second kappa shape index (κ2) is 7.28. The van der Waals surface area contributed by atoms with Crippen LogP contribution < -0.4 is 4.90 Å². The van der Waals surface area contributed by atoms with E-state index in [0.717, 1.165) is 16.8 Å². The van der Waals surface area contributed by atoms with Gasteiger partial charge < -0.3 is 10.0 Å². The maximum atomic E-state index is 12.0. The summed E-state index contributed by atoms with van der Waals surface area (Å²) in [4.78, 5) is 14.1. The van der Waals surface area contributed by atoms with E-state index >= 15 is 0 Å². The van der Waals surface area contributed by atoms with E-state index in [0.29, 0.717) is 12.8 Å². The summed E-state index contributed by atoms with van der Waals surface area (Å²) in [6, 6.07) is 17.8. The molecule has 0 saturated heterocycles. The molecule has 0 radical (unpaired) electrons. The van der Waals surface area contributed by atoms with Crippen LogP contribution in [0, 0.1) is 0 Å². The monoisotopic (exact) mass is 319 g/mol. The van der Waals surface area contributed by atoms with E-state index in [4.69, 9.17) is 0 Å². The van der Waals surface area contributed by atoms with Gasteiger partial charge in [-0.25, -0.2) is 0 Å². The Hall–Kier alpha value is -2.65. The first-order valence-electron chi connectivity index (χ1n) is 8.12. The molecular formula is C21H21NO2. The third-order valence-electron chi connectivity index (χ3n) is 4.28. The first-order valence-corrected chi connectivity index (χ1v) is 8.12. The molecule has 3 rings (SSSR count). The number of hydrogen-bond donors (Lipinski definition) is 1. The van der Waals surface area contributed by atoms with Crippen molar-refractivity contribution >= 4 is 11.5 Å². The second-order valence-corrected chi connectivity index (χ2v) is 5.96. The van der Waals surface area contributed by atoms with E-state index in [2.05, 4.69) is 11.5 Å². The molecule has 122 valence electrons. The van der Waals surface area contributed by atoms with E-state index in [1.807, 2.05) is 60.8 Å². The highest BCUT2D eigenvalue weighted by Gasteiger charge is 2.25. The van der Waals surface area contributed by atoms with Crippen molar-refractivity contribution in [3.05, 3.63) is 90.7 Å². The van der Waals surface area contributed by atoms with Gasteiger partial charge in [0.05, 0.1) is 12.1 Å². The number of hydrogen-bond acceptors (Lipinski definition) is 3. The molecule has 0 bridgehead atoms. The van der Waals surface area contributed by atoms with E-state index in [-0.39, 0.29) is 11.8 Å². The smallest absolute Gasteiger partial charge is 0.159 e. The fourth-order valence-electron chi connectivity index (χ4n) is 3.04. The Morgan fingerprint density at radius 1 is 1.21 bits per heavy atom. The zero-order valence-electron chi connectivity index (χ0n) is 13.5. The minimum Gasteiger partial charge on any atom is -0.388 e. The number of aliphatic hydroxyl groups excluding tert-OH is 1. The molecule has 0 amide bonds. The highest BCUT2D eigenvalue weighted by atomic mass is 16.3. The number of ketones is 1. The van der Waals surface area contributed by atoms with Crippen molar-refractivity contribution in [2.45, 2.75) is 25.0 Å². The number of carbonyl (C=O) groups excluding carboxylic acids is 1. The first-order chi connectivity index (χ1) is 11.7. The van der Waals surface area contributed by atoms with Gasteiger partial charge >= 0.3 is 0 Å². The van der Waals surface area contributed by atoms with Crippen molar-refractivity contribution < 1.29 is 9.90 Å². The van der Waals surface area contributed by atoms with Gasteiger partial charge in [-0.05, 0) is 35.8 Å². The zero-order chi connectivity index (χ0) is 16.9. The summed E-state index contributed by atoms with van der Waals surface area (Å²) >= 11 is 0. The van der Waals surface area contributed by atoms with Gasteiger partial charge in [0.15, 0.2) is 5.78 Å². The lowest BCUT2D eigenvalue weighted by Gasteiger charge is -2.33. The van der Waals surface area contributed by atoms with Gasteiger partial charge in [-0.2, -0.15) is 0 Å². The molecule has 1 aliphatic heterocycles. The third-order valence-corrected chi connectivity index (χ3v) is 4.28. The maximum absolute atomic E-state index is 12.0. The van der Waals surface area contributed by atoms with Crippen LogP contribution >= 0.6 is 0 Å². The Morgan fingerprint density at radius 3 is 2.75 bits per heavy atom. The Bertz CT molecular complexity index is 751. The van der Waals surface area contributed by atoms with Gasteiger partial charge in [0.2, 0.25) is 0 Å². The molecule has 1 heterocycles. The molecule has 3 nitrogen and oxygen atoms in total. The van der Waals surface area contributed by atoms with Crippen molar-refractivity contribution in [3.63, 3.8) is 0 Å². The third kappa shape index (κ3) is 3.47. The van der Waals surface area contributed by atoms with Gasteiger partial charge in [0.1, 0.15) is 0 Å². The normalized spacial score (nSPS) is 18.5. The van der Waals surface area contributed by atoms with E-state index in [9.17, 15) is 9.90 Å². The van der Waals surface area contributed by atoms with Crippen LogP contribution in [0.2, 0.25) is 0 Å². The Labute approximate surface area is 142 Å². The molecule has 24 heavy (non-hydrogen) atoms. The number of benzene rings is 2. The van der Waals surface area contributed by atoms with Crippen LogP contribution in [0.4, 0.5) is 5.69 Å². The van der Waals surface area contributed by atoms with Crippen molar-refractivity contribution in [3.8, 4) is 0 Å². The standard InChI is InChI=1S/C21H21NO2/c1-2-7-21(24)17-9-6-8-16(14-17)20-15-19(23)12-13-22(20)18-10-4-3-5-11-18/h2-6,8-14,20-21,24H,1,7,15H2. The quantitative estimate of drug-likeness (QED) is 0.834. The average molecular weight is 319 g/mol. The van der Waals surface area contributed by atoms with Gasteiger partial charge in [-0.1, -0.05) is 48.5 Å². The second-order valence-electron chi connectivity index (χ2n) is 5.96. The number of anilines is 1. The molecule has 0 saturated carbocycles. The molecule has 3 heteroatoms. The molecule has 0 spiro atoms. The molecule has 0 aromatic heterocycles. The molecule has 0 aliphatic carbocycles. The molecule has 2 unspecified atom stereocenters. The van der Waals surface area contributed by atoms with Crippen molar-refractivity contribution in [2.75, 3.05) is 4.90 Å². The van der Waals surface area contributed by atoms with Gasteiger partial charge in [0.25, 0.3) is 0 Å². The van der Waals surface area contributed by atoms with Crippen molar-refractivity contribution in [1.82, 2.24) is 0 Å². The molecule has 2 atom stereocenters. The first kappa shape index (κ1) is 16.2. The van der Waals surface area contributed by atoms with Crippen LogP contribution in [0.25, 0.3) is 0 Å². The topological polar surface area (TPSA) is 40.5 Å². The number of para-hydroxylation sites is 1. The summed E-state index contributed by atoms with van der Waals surface area (Å²) in [7, 11) is 0. The summed E-state index contributed by atoms with van der Waals surface area (Å²) in [5.41, 5.74) is 2.92. The predicted octanol–water partition coefficient (Wildman–Crippen LogP) is 4.33. The Balaban J connectivity index is 1.96. The van der Waals surface area contributed by atoms with Crippen LogP contribution in [0.15, 0.2) is 79.5 Å². The summed E-state index contributed by atoms with van der Waals surface area (Å²) < 4.78 is 0. The van der Waals surface area contributed by atoms with Crippen LogP contribution in [0.3, 0.4) is 0 Å². The van der Waals surface area contributed by atoms with E-state index in [1.54, 1.807) is 12.2 Å². The Morgan fingerprint density at radius 2 is 2.00 bits per heavy atom. The summed E-state index contributed by atoms with van der Waals surface area (Å²) in [5, 5.41) is 10.2. The number of rotatable bonds is 5. The van der Waals surface area contributed by atoms with Gasteiger partial charge in [-0.3, -0.25) is 4.79 Å². The molecule has 1 aliphatic rings. The van der Waals surface area contributed by atoms with Crippen LogP contribution in [-0.4, -0.2) is 10.9 Å². The largest absolute Gasteiger partial charge is 0.388 e. The van der Waals surface area contributed by atoms with Gasteiger partial charge in [-0.15, -0.1) is 6.58 Å². The lowest BCUT2D eigenvalue weighted by atomic mass is 9.93. The van der Waals surface area contributed by atoms with Crippen LogP contribution in [0.5, 0.6) is 0 Å². The fraction of sp³-hybridized carbons (Fsp3) is 0.190. The highest BCUT2D eigenvalue weighted by Crippen LogP contribution is 2.34. The number of aliphatic hydroxyl groups is 1. The average Bonchev–Trinajstić information content (AvgIpc) is 2.63. The minimum absolute atomic E-state index is 0.0687. The molecule has 2 aromatic rings. The molecule has 1 N–H and O–H groups in total. The summed E-state index contributed by atoms with van der Waals surface area (Å²) in [6.07, 6.45) is 5.54. The summed E-state index contributed by atoms with van der Waals surface area (Å²) in [5.74, 6) is 0.115. The molecule has 0 fully saturated rings. The number of carbonyl (C=O) groups is 1. The van der Waals surface area contributed by atoms with E-state index in [1.165, 1.54) is 0 Å². The lowest BCUT2D eigenvalue weighted by molar-refractivity contribution is -0.115. The highest BCUT2D eigenvalue weighted by molar-refractivity contribution is 5.92. The number of nitrogens with zero attached hydrogens (tertiary/aromatic N) is 1. The van der Waals surface area contributed by atoms with Gasteiger partial charge in [0, 0.05) is 18.3 Å². The lowest BCUT2D eigenvalue weighted by Crippen LogP contribution is -2.29. The van der Waals surface area contributed by atoms with Crippen molar-refractivity contribution in [2.24, 2.45) is 0 Å². The predicted molar refractivity (Wildman–Crippen MR) is 96.6 cm³/mol. The SMILES string of the molecule is C=CCC(O)c1cccc(C2CC(=O)C=CN2c2ccccc2)c1. The van der Waals surface area contributed by atoms with E-state index < -0.39 is 6.10 Å². The minimum atomic E-state index is -0.567. The molecule has 2 aromatic carbocycles.